The number of aliphatic imine (C=N–C) groups is 1. The maximum Gasteiger partial charge on any atom is 0.336 e. The molecule has 0 aliphatic rings. The predicted octanol–water partition coefficient (Wildman–Crippen LogP) is 3.09. The molecule has 0 aliphatic carbocycles. The SMILES string of the molecule is CCN=C(NNC(=O)COc1ccc2c(-c3ccccc3)cc(=O)oc2c1)SC(C(C)=O)C(=O)OCC. The lowest BCUT2D eigenvalue weighted by molar-refractivity contribution is -0.144. The minimum absolute atomic E-state index is 0.136. The average Bonchev–Trinajstić information content (AvgIpc) is 2.88. The van der Waals surface area contributed by atoms with Gasteiger partial charge in [0, 0.05) is 24.1 Å². The zero-order valence-electron chi connectivity index (χ0n) is 20.6. The minimum Gasteiger partial charge on any atom is -0.484 e. The first kappa shape index (κ1) is 27.5. The van der Waals surface area contributed by atoms with Crippen LogP contribution in [0.3, 0.4) is 0 Å². The van der Waals surface area contributed by atoms with Crippen molar-refractivity contribution in [3.8, 4) is 16.9 Å². The third-order valence-corrected chi connectivity index (χ3v) is 6.10. The van der Waals surface area contributed by atoms with Crippen molar-refractivity contribution in [2.75, 3.05) is 19.8 Å². The van der Waals surface area contributed by atoms with Crippen LogP contribution in [0.25, 0.3) is 22.1 Å². The fourth-order valence-electron chi connectivity index (χ4n) is 3.27. The molecule has 11 heteroatoms. The van der Waals surface area contributed by atoms with E-state index in [0.29, 0.717) is 17.9 Å². The highest BCUT2D eigenvalue weighted by Gasteiger charge is 2.27. The second kappa shape index (κ2) is 13.3. The first-order chi connectivity index (χ1) is 17.8. The van der Waals surface area contributed by atoms with Gasteiger partial charge in [0.1, 0.15) is 11.3 Å². The van der Waals surface area contributed by atoms with Crippen molar-refractivity contribution in [2.24, 2.45) is 4.99 Å². The van der Waals surface area contributed by atoms with Crippen LogP contribution < -0.4 is 21.2 Å². The van der Waals surface area contributed by atoms with Crippen LogP contribution in [-0.2, 0) is 19.1 Å². The summed E-state index contributed by atoms with van der Waals surface area (Å²) in [5, 5.41) is -0.215. The molecule has 1 aromatic heterocycles. The Hall–Kier alpha value is -4.12. The number of thioether (sulfide) groups is 1. The number of hydrazine groups is 1. The van der Waals surface area contributed by atoms with Gasteiger partial charge in [-0.2, -0.15) is 0 Å². The van der Waals surface area contributed by atoms with Crippen LogP contribution in [0.5, 0.6) is 5.75 Å². The first-order valence-corrected chi connectivity index (χ1v) is 12.4. The molecule has 1 unspecified atom stereocenters. The van der Waals surface area contributed by atoms with Crippen LogP contribution in [0.1, 0.15) is 20.8 Å². The van der Waals surface area contributed by atoms with Crippen molar-refractivity contribution in [3.63, 3.8) is 0 Å². The van der Waals surface area contributed by atoms with Gasteiger partial charge in [-0.25, -0.2) is 4.79 Å². The second-order valence-electron chi connectivity index (χ2n) is 7.61. The van der Waals surface area contributed by atoms with Gasteiger partial charge in [-0.3, -0.25) is 30.2 Å². The summed E-state index contributed by atoms with van der Waals surface area (Å²) in [7, 11) is 0. The smallest absolute Gasteiger partial charge is 0.336 e. The normalized spacial score (nSPS) is 12.0. The lowest BCUT2D eigenvalue weighted by Crippen LogP contribution is -2.44. The largest absolute Gasteiger partial charge is 0.484 e. The third kappa shape index (κ3) is 7.68. The van der Waals surface area contributed by atoms with E-state index in [2.05, 4.69) is 15.8 Å². The number of ether oxygens (including phenoxy) is 2. The summed E-state index contributed by atoms with van der Waals surface area (Å²) < 4.78 is 15.8. The molecule has 2 N–H and O–H groups in total. The van der Waals surface area contributed by atoms with E-state index in [4.69, 9.17) is 13.9 Å². The lowest BCUT2D eigenvalue weighted by atomic mass is 10.0. The minimum atomic E-state index is -1.11. The molecule has 3 rings (SSSR count). The van der Waals surface area contributed by atoms with Crippen LogP contribution in [0.15, 0.2) is 68.8 Å². The Morgan fingerprint density at radius 2 is 1.81 bits per heavy atom. The van der Waals surface area contributed by atoms with Crippen molar-refractivity contribution >= 4 is 45.6 Å². The maximum atomic E-state index is 12.3. The molecule has 0 fully saturated rings. The highest BCUT2D eigenvalue weighted by atomic mass is 32.2. The van der Waals surface area contributed by atoms with Gasteiger partial charge in [-0.05, 0) is 44.0 Å². The van der Waals surface area contributed by atoms with E-state index in [0.717, 1.165) is 28.3 Å². The number of esters is 1. The number of nitrogens with zero attached hydrogens (tertiary/aromatic N) is 1. The van der Waals surface area contributed by atoms with Crippen molar-refractivity contribution in [3.05, 3.63) is 65.0 Å². The molecule has 0 saturated carbocycles. The Morgan fingerprint density at radius 3 is 2.49 bits per heavy atom. The van der Waals surface area contributed by atoms with Crippen LogP contribution in [-0.4, -0.2) is 47.8 Å². The maximum absolute atomic E-state index is 12.3. The van der Waals surface area contributed by atoms with E-state index >= 15 is 0 Å². The van der Waals surface area contributed by atoms with Gasteiger partial charge in [0.2, 0.25) is 0 Å². The monoisotopic (exact) mass is 525 g/mol. The highest BCUT2D eigenvalue weighted by molar-refractivity contribution is 8.15. The van der Waals surface area contributed by atoms with Crippen LogP contribution in [0.4, 0.5) is 0 Å². The molecule has 0 spiro atoms. The molecule has 2 aromatic carbocycles. The number of benzene rings is 2. The number of hydrogen-bond donors (Lipinski definition) is 2. The molecule has 0 bridgehead atoms. The number of rotatable bonds is 9. The predicted molar refractivity (Wildman–Crippen MR) is 141 cm³/mol. The van der Waals surface area contributed by atoms with Crippen molar-refractivity contribution in [1.82, 2.24) is 10.9 Å². The summed E-state index contributed by atoms with van der Waals surface area (Å²) >= 11 is 0.847. The van der Waals surface area contributed by atoms with E-state index in [1.165, 1.54) is 13.0 Å². The number of fused-ring (bicyclic) bond motifs is 1. The number of hydrogen-bond acceptors (Lipinski definition) is 9. The Balaban J connectivity index is 1.64. The van der Waals surface area contributed by atoms with E-state index < -0.39 is 28.5 Å². The quantitative estimate of drug-likeness (QED) is 0.108. The summed E-state index contributed by atoms with van der Waals surface area (Å²) in [6, 6.07) is 15.9. The molecule has 37 heavy (non-hydrogen) atoms. The fourth-order valence-corrected chi connectivity index (χ4v) is 4.14. The number of Topliss-reactive ketones (excluding diaryl/α,β-unsaturated/α-hetero) is 1. The summed E-state index contributed by atoms with van der Waals surface area (Å²) in [4.78, 5) is 52.6. The van der Waals surface area contributed by atoms with E-state index in [9.17, 15) is 19.2 Å². The number of amides is 1. The number of amidine groups is 1. The molecule has 1 atom stereocenters. The molecule has 0 aliphatic heterocycles. The zero-order valence-corrected chi connectivity index (χ0v) is 21.4. The summed E-state index contributed by atoms with van der Waals surface area (Å²) in [6.45, 7) is 4.81. The lowest BCUT2D eigenvalue weighted by Gasteiger charge is -2.15. The van der Waals surface area contributed by atoms with Crippen molar-refractivity contribution in [1.29, 1.82) is 0 Å². The van der Waals surface area contributed by atoms with Crippen molar-refractivity contribution < 1.29 is 28.3 Å². The van der Waals surface area contributed by atoms with Crippen LogP contribution in [0.2, 0.25) is 0 Å². The van der Waals surface area contributed by atoms with Crippen molar-refractivity contribution in [2.45, 2.75) is 26.0 Å². The Morgan fingerprint density at radius 1 is 1.05 bits per heavy atom. The van der Waals surface area contributed by atoms with Gasteiger partial charge < -0.3 is 13.9 Å². The number of carbonyl (C=O) groups excluding carboxylic acids is 3. The van der Waals surface area contributed by atoms with Gasteiger partial charge in [-0.1, -0.05) is 42.1 Å². The van der Waals surface area contributed by atoms with Gasteiger partial charge in [-0.15, -0.1) is 0 Å². The Bertz CT molecular complexity index is 1360. The van der Waals surface area contributed by atoms with E-state index in [-0.39, 0.29) is 18.4 Å². The number of nitrogens with one attached hydrogen (secondary N) is 2. The standard InChI is InChI=1S/C26H27N3O7S/c1-4-27-26(37-24(16(3)30)25(33)34-5-2)29-28-22(31)15-35-18-11-12-19-20(17-9-7-6-8-10-17)14-23(32)36-21(19)13-18/h6-14,24H,4-5,15H2,1-3H3,(H,27,29)(H,28,31). The molecule has 0 radical (unpaired) electrons. The van der Waals surface area contributed by atoms with E-state index in [1.807, 2.05) is 30.3 Å². The van der Waals surface area contributed by atoms with Gasteiger partial charge in [0.25, 0.3) is 5.91 Å². The zero-order chi connectivity index (χ0) is 26.8. The van der Waals surface area contributed by atoms with Crippen LogP contribution >= 0.6 is 11.8 Å². The Labute approximate surface area is 217 Å². The highest BCUT2D eigenvalue weighted by Crippen LogP contribution is 2.29. The second-order valence-corrected chi connectivity index (χ2v) is 8.70. The molecule has 10 nitrogen and oxygen atoms in total. The molecule has 1 heterocycles. The molecule has 0 saturated heterocycles. The molecule has 194 valence electrons. The fraction of sp³-hybridized carbons (Fsp3) is 0.269. The van der Waals surface area contributed by atoms with Gasteiger partial charge in [0.15, 0.2) is 22.8 Å². The van der Waals surface area contributed by atoms with Gasteiger partial charge in [0.05, 0.1) is 6.61 Å². The van der Waals surface area contributed by atoms with Crippen LogP contribution in [0, 0.1) is 0 Å². The summed E-state index contributed by atoms with van der Waals surface area (Å²) in [5.41, 5.74) is 6.47. The number of ketones is 1. The Kier molecular flexibility index (Phi) is 9.84. The topological polar surface area (TPSA) is 136 Å². The van der Waals surface area contributed by atoms with E-state index in [1.54, 1.807) is 32.0 Å². The molecule has 3 aromatic rings. The average molecular weight is 526 g/mol. The first-order valence-electron chi connectivity index (χ1n) is 11.5. The summed E-state index contributed by atoms with van der Waals surface area (Å²) in [5.74, 6) is -1.30. The molecular weight excluding hydrogens is 498 g/mol. The molecule has 1 amide bonds. The number of carbonyl (C=O) groups is 3. The molecular formula is C26H27N3O7S. The summed E-state index contributed by atoms with van der Waals surface area (Å²) in [6.07, 6.45) is 0. The third-order valence-electron chi connectivity index (χ3n) is 4.88. The van der Waals surface area contributed by atoms with Gasteiger partial charge >= 0.3 is 11.6 Å².